The summed E-state index contributed by atoms with van der Waals surface area (Å²) in [5, 5.41) is 6.73. The average Bonchev–Trinajstić information content (AvgIpc) is 2.20. The van der Waals surface area contributed by atoms with Crippen LogP contribution in [0.1, 0.15) is 0 Å². The van der Waals surface area contributed by atoms with Gasteiger partial charge in [-0.1, -0.05) is 6.07 Å². The van der Waals surface area contributed by atoms with Crippen molar-refractivity contribution in [3.05, 3.63) is 22.7 Å². The second-order valence-corrected chi connectivity index (χ2v) is 5.24. The van der Waals surface area contributed by atoms with Gasteiger partial charge >= 0.3 is 0 Å². The first-order valence-corrected chi connectivity index (χ1v) is 6.41. The van der Waals surface area contributed by atoms with E-state index in [1.807, 2.05) is 18.8 Å². The molecule has 76 valence electrons. The fourth-order valence-corrected chi connectivity index (χ4v) is 3.24. The minimum Gasteiger partial charge on any atom is -0.378 e. The Bertz CT molecular complexity index is 330. The fraction of sp³-hybridized carbons (Fsp3) is 0.400. The van der Waals surface area contributed by atoms with Gasteiger partial charge in [0.15, 0.2) is 0 Å². The van der Waals surface area contributed by atoms with Crippen molar-refractivity contribution in [2.24, 2.45) is 0 Å². The van der Waals surface area contributed by atoms with Gasteiger partial charge in [0.1, 0.15) is 0 Å². The molecule has 0 aromatic heterocycles. The van der Waals surface area contributed by atoms with Gasteiger partial charge in [-0.3, -0.25) is 0 Å². The number of rotatable bonds is 2. The van der Waals surface area contributed by atoms with E-state index in [1.54, 1.807) is 0 Å². The van der Waals surface area contributed by atoms with Gasteiger partial charge in [-0.25, -0.2) is 0 Å². The molecule has 1 aromatic carbocycles. The molecule has 4 heteroatoms. The van der Waals surface area contributed by atoms with E-state index in [2.05, 4.69) is 44.8 Å². The lowest BCUT2D eigenvalue weighted by molar-refractivity contribution is 0.701. The summed E-state index contributed by atoms with van der Waals surface area (Å²) in [5.74, 6) is 1.13. The Hall–Kier alpha value is -0.190. The van der Waals surface area contributed by atoms with Gasteiger partial charge in [-0.15, -0.1) is 11.8 Å². The predicted octanol–water partition coefficient (Wildman–Crippen LogP) is 2.55. The Kier molecular flexibility index (Phi) is 3.36. The number of hydrogen-bond acceptors (Lipinski definition) is 3. The zero-order chi connectivity index (χ0) is 9.97. The SMILES string of the molecule is CNCC1CSc2cccc(Br)c2N1. The van der Waals surface area contributed by atoms with E-state index >= 15 is 0 Å². The lowest BCUT2D eigenvalue weighted by Crippen LogP contribution is -2.35. The Morgan fingerprint density at radius 3 is 3.29 bits per heavy atom. The molecule has 2 N–H and O–H groups in total. The van der Waals surface area contributed by atoms with E-state index in [0.717, 1.165) is 16.8 Å². The summed E-state index contributed by atoms with van der Waals surface area (Å²) in [5.41, 5.74) is 1.24. The quantitative estimate of drug-likeness (QED) is 0.866. The molecule has 1 unspecified atom stereocenters. The van der Waals surface area contributed by atoms with Crippen molar-refractivity contribution in [1.29, 1.82) is 0 Å². The van der Waals surface area contributed by atoms with Gasteiger partial charge in [-0.2, -0.15) is 0 Å². The van der Waals surface area contributed by atoms with Crippen LogP contribution >= 0.6 is 27.7 Å². The molecule has 1 aliphatic rings. The van der Waals surface area contributed by atoms with Crippen molar-refractivity contribution in [3.63, 3.8) is 0 Å². The van der Waals surface area contributed by atoms with Gasteiger partial charge in [0.2, 0.25) is 0 Å². The van der Waals surface area contributed by atoms with E-state index in [1.165, 1.54) is 10.6 Å². The molecule has 14 heavy (non-hydrogen) atoms. The standard InChI is InChI=1S/C10H13BrN2S/c1-12-5-7-6-14-9-4-2-3-8(11)10(9)13-7/h2-4,7,12-13H,5-6H2,1H3. The maximum atomic E-state index is 3.56. The zero-order valence-corrected chi connectivity index (χ0v) is 10.4. The summed E-state index contributed by atoms with van der Waals surface area (Å²) in [6, 6.07) is 6.84. The van der Waals surface area contributed by atoms with Crippen LogP contribution in [0.15, 0.2) is 27.6 Å². The third-order valence-corrected chi connectivity index (χ3v) is 4.10. The Morgan fingerprint density at radius 1 is 1.64 bits per heavy atom. The first kappa shape index (κ1) is 10.3. The van der Waals surface area contributed by atoms with Crippen LogP contribution in [0.4, 0.5) is 5.69 Å². The molecule has 1 heterocycles. The number of likely N-dealkylation sites (N-methyl/N-ethyl adjacent to an activating group) is 1. The van der Waals surface area contributed by atoms with Crippen molar-refractivity contribution in [1.82, 2.24) is 5.32 Å². The van der Waals surface area contributed by atoms with E-state index in [9.17, 15) is 0 Å². The van der Waals surface area contributed by atoms with Crippen LogP contribution in [0.25, 0.3) is 0 Å². The monoisotopic (exact) mass is 272 g/mol. The summed E-state index contributed by atoms with van der Waals surface area (Å²) >= 11 is 5.48. The lowest BCUT2D eigenvalue weighted by atomic mass is 10.2. The largest absolute Gasteiger partial charge is 0.378 e. The zero-order valence-electron chi connectivity index (χ0n) is 8.01. The molecule has 0 aliphatic carbocycles. The molecule has 2 rings (SSSR count). The summed E-state index contributed by atoms with van der Waals surface area (Å²) in [6.45, 7) is 1.01. The second-order valence-electron chi connectivity index (χ2n) is 3.32. The lowest BCUT2D eigenvalue weighted by Gasteiger charge is -2.27. The third kappa shape index (κ3) is 2.07. The van der Waals surface area contributed by atoms with Gasteiger partial charge in [0.25, 0.3) is 0 Å². The van der Waals surface area contributed by atoms with Gasteiger partial charge in [-0.05, 0) is 35.1 Å². The highest BCUT2D eigenvalue weighted by Crippen LogP contribution is 2.37. The van der Waals surface area contributed by atoms with E-state index in [-0.39, 0.29) is 0 Å². The molecule has 1 aromatic rings. The topological polar surface area (TPSA) is 24.1 Å². The van der Waals surface area contributed by atoms with Gasteiger partial charge < -0.3 is 10.6 Å². The van der Waals surface area contributed by atoms with E-state index in [0.29, 0.717) is 6.04 Å². The number of fused-ring (bicyclic) bond motifs is 1. The normalized spacial score (nSPS) is 20.0. The van der Waals surface area contributed by atoms with Crippen molar-refractivity contribution < 1.29 is 0 Å². The number of hydrogen-bond donors (Lipinski definition) is 2. The van der Waals surface area contributed by atoms with Crippen LogP contribution in [0, 0.1) is 0 Å². The summed E-state index contributed by atoms with van der Waals surface area (Å²) < 4.78 is 1.16. The minimum absolute atomic E-state index is 0.524. The summed E-state index contributed by atoms with van der Waals surface area (Å²) in [4.78, 5) is 1.34. The van der Waals surface area contributed by atoms with Gasteiger partial charge in [0, 0.05) is 27.7 Å². The molecule has 0 bridgehead atoms. The van der Waals surface area contributed by atoms with E-state index < -0.39 is 0 Å². The molecule has 0 saturated carbocycles. The van der Waals surface area contributed by atoms with Crippen LogP contribution in [-0.4, -0.2) is 25.4 Å². The van der Waals surface area contributed by atoms with E-state index in [4.69, 9.17) is 0 Å². The summed E-state index contributed by atoms with van der Waals surface area (Å²) in [7, 11) is 1.99. The minimum atomic E-state index is 0.524. The average molecular weight is 273 g/mol. The van der Waals surface area contributed by atoms with Crippen LogP contribution in [-0.2, 0) is 0 Å². The molecular weight excluding hydrogens is 260 g/mol. The van der Waals surface area contributed by atoms with Crippen molar-refractivity contribution in [3.8, 4) is 0 Å². The molecule has 1 atom stereocenters. The Morgan fingerprint density at radius 2 is 2.50 bits per heavy atom. The van der Waals surface area contributed by atoms with Crippen LogP contribution in [0.3, 0.4) is 0 Å². The van der Waals surface area contributed by atoms with Crippen LogP contribution < -0.4 is 10.6 Å². The maximum Gasteiger partial charge on any atom is 0.0625 e. The number of halogens is 1. The van der Waals surface area contributed by atoms with Crippen LogP contribution in [0.5, 0.6) is 0 Å². The fourth-order valence-electron chi connectivity index (χ4n) is 1.56. The number of thioether (sulfide) groups is 1. The smallest absolute Gasteiger partial charge is 0.0625 e. The highest BCUT2D eigenvalue weighted by molar-refractivity contribution is 9.10. The maximum absolute atomic E-state index is 3.56. The predicted molar refractivity (Wildman–Crippen MR) is 66.2 cm³/mol. The second kappa shape index (κ2) is 4.55. The highest BCUT2D eigenvalue weighted by atomic mass is 79.9. The molecule has 0 saturated heterocycles. The third-order valence-electron chi connectivity index (χ3n) is 2.21. The molecule has 0 radical (unpaired) electrons. The molecule has 2 nitrogen and oxygen atoms in total. The molecule has 0 fully saturated rings. The number of para-hydroxylation sites is 1. The highest BCUT2D eigenvalue weighted by Gasteiger charge is 2.18. The molecule has 1 aliphatic heterocycles. The molecule has 0 amide bonds. The Balaban J connectivity index is 2.20. The first-order valence-electron chi connectivity index (χ1n) is 4.63. The summed E-state index contributed by atoms with van der Waals surface area (Å²) in [6.07, 6.45) is 0. The molecule has 0 spiro atoms. The Labute approximate surface area is 97.0 Å². The van der Waals surface area contributed by atoms with Crippen molar-refractivity contribution in [2.75, 3.05) is 24.7 Å². The van der Waals surface area contributed by atoms with Crippen molar-refractivity contribution >= 4 is 33.4 Å². The van der Waals surface area contributed by atoms with Crippen molar-refractivity contribution in [2.45, 2.75) is 10.9 Å². The number of benzene rings is 1. The number of anilines is 1. The molecular formula is C10H13BrN2S. The van der Waals surface area contributed by atoms with Gasteiger partial charge in [0.05, 0.1) is 5.69 Å². The van der Waals surface area contributed by atoms with Crippen LogP contribution in [0.2, 0.25) is 0 Å². The first-order chi connectivity index (χ1) is 6.81. The number of nitrogens with one attached hydrogen (secondary N) is 2.